The number of halogens is 1. The zero-order chi connectivity index (χ0) is 13.1. The van der Waals surface area contributed by atoms with Gasteiger partial charge >= 0.3 is 0 Å². The van der Waals surface area contributed by atoms with Gasteiger partial charge in [-0.2, -0.15) is 0 Å². The molecule has 0 aliphatic carbocycles. The Kier molecular flexibility index (Phi) is 4.36. The lowest BCUT2D eigenvalue weighted by molar-refractivity contribution is 0.188. The summed E-state index contributed by atoms with van der Waals surface area (Å²) < 4.78 is 13.6. The fourth-order valence-electron chi connectivity index (χ4n) is 2.82. The van der Waals surface area contributed by atoms with Crippen LogP contribution in [-0.2, 0) is 6.54 Å². The molecule has 1 atom stereocenters. The number of hydrogen-bond donors (Lipinski definition) is 1. The van der Waals surface area contributed by atoms with Crippen LogP contribution >= 0.6 is 0 Å². The topological polar surface area (TPSA) is 15.3 Å². The van der Waals surface area contributed by atoms with Gasteiger partial charge < -0.3 is 5.32 Å². The Hall–Kier alpha value is -0.930. The molecule has 2 nitrogen and oxygen atoms in total. The number of nitrogens with one attached hydrogen (secondary N) is 1. The van der Waals surface area contributed by atoms with E-state index in [1.807, 2.05) is 33.0 Å². The number of hydrogen-bond acceptors (Lipinski definition) is 2. The highest BCUT2D eigenvalue weighted by molar-refractivity contribution is 5.30. The van der Waals surface area contributed by atoms with Crippen molar-refractivity contribution in [2.24, 2.45) is 0 Å². The lowest BCUT2D eigenvalue weighted by Gasteiger charge is -2.32. The summed E-state index contributed by atoms with van der Waals surface area (Å²) in [6.45, 7) is 6.86. The van der Waals surface area contributed by atoms with Crippen molar-refractivity contribution in [2.45, 2.75) is 39.3 Å². The smallest absolute Gasteiger partial charge is 0.129 e. The van der Waals surface area contributed by atoms with Crippen LogP contribution in [0.2, 0.25) is 0 Å². The molecule has 1 aromatic carbocycles. The number of nitrogens with zero attached hydrogens (tertiary/aromatic N) is 1. The Labute approximate surface area is 109 Å². The van der Waals surface area contributed by atoms with E-state index in [9.17, 15) is 4.39 Å². The standard InChI is InChI=1S/C15H23FN2/c1-11-7-13(8-12(2)15(11)16)9-18-6-4-5-14(10-18)17-3/h7-8,14,17H,4-6,9-10H2,1-3H3. The van der Waals surface area contributed by atoms with Crippen LogP contribution in [0.3, 0.4) is 0 Å². The second-order valence-corrected chi connectivity index (χ2v) is 5.41. The number of likely N-dealkylation sites (tertiary alicyclic amines) is 1. The molecule has 1 aliphatic heterocycles. The maximum atomic E-state index is 13.6. The highest BCUT2D eigenvalue weighted by Crippen LogP contribution is 2.18. The normalized spacial score (nSPS) is 21.2. The first kappa shape index (κ1) is 13.5. The van der Waals surface area contributed by atoms with Crippen molar-refractivity contribution in [1.29, 1.82) is 0 Å². The van der Waals surface area contributed by atoms with Crippen LogP contribution in [0, 0.1) is 19.7 Å². The molecule has 0 spiro atoms. The monoisotopic (exact) mass is 250 g/mol. The number of benzene rings is 1. The van der Waals surface area contributed by atoms with Crippen LogP contribution in [0.15, 0.2) is 12.1 Å². The van der Waals surface area contributed by atoms with Crippen LogP contribution in [0.1, 0.15) is 29.5 Å². The van der Waals surface area contributed by atoms with Crippen LogP contribution in [0.25, 0.3) is 0 Å². The van der Waals surface area contributed by atoms with Crippen molar-refractivity contribution >= 4 is 0 Å². The third-order valence-corrected chi connectivity index (χ3v) is 3.82. The van der Waals surface area contributed by atoms with Gasteiger partial charge in [0.2, 0.25) is 0 Å². The van der Waals surface area contributed by atoms with Gasteiger partial charge in [-0.05, 0) is 57.0 Å². The Balaban J connectivity index is 2.05. The van der Waals surface area contributed by atoms with Gasteiger partial charge in [-0.15, -0.1) is 0 Å². The molecule has 0 radical (unpaired) electrons. The van der Waals surface area contributed by atoms with E-state index in [1.54, 1.807) is 0 Å². The fraction of sp³-hybridized carbons (Fsp3) is 0.600. The van der Waals surface area contributed by atoms with Crippen molar-refractivity contribution in [1.82, 2.24) is 10.2 Å². The SMILES string of the molecule is CNC1CCCN(Cc2cc(C)c(F)c(C)c2)C1. The van der Waals surface area contributed by atoms with Crippen molar-refractivity contribution < 1.29 is 4.39 Å². The third kappa shape index (κ3) is 3.09. The molecule has 1 heterocycles. The fourth-order valence-corrected chi connectivity index (χ4v) is 2.82. The quantitative estimate of drug-likeness (QED) is 0.887. The van der Waals surface area contributed by atoms with E-state index in [-0.39, 0.29) is 5.82 Å². The molecule has 100 valence electrons. The zero-order valence-corrected chi connectivity index (χ0v) is 11.6. The third-order valence-electron chi connectivity index (χ3n) is 3.82. The molecular weight excluding hydrogens is 227 g/mol. The lowest BCUT2D eigenvalue weighted by atomic mass is 10.0. The predicted octanol–water partition coefficient (Wildman–Crippen LogP) is 2.63. The van der Waals surface area contributed by atoms with E-state index in [4.69, 9.17) is 0 Å². The second kappa shape index (κ2) is 5.81. The van der Waals surface area contributed by atoms with Crippen LogP contribution in [0.5, 0.6) is 0 Å². The zero-order valence-electron chi connectivity index (χ0n) is 11.6. The van der Waals surface area contributed by atoms with Crippen molar-refractivity contribution in [3.8, 4) is 0 Å². The molecule has 1 N–H and O–H groups in total. The number of rotatable bonds is 3. The molecule has 1 fully saturated rings. The molecule has 0 aromatic heterocycles. The van der Waals surface area contributed by atoms with Crippen molar-refractivity contribution in [3.63, 3.8) is 0 Å². The van der Waals surface area contributed by atoms with Gasteiger partial charge in [0.25, 0.3) is 0 Å². The highest BCUT2D eigenvalue weighted by Gasteiger charge is 2.18. The Morgan fingerprint density at radius 2 is 2.00 bits per heavy atom. The van der Waals surface area contributed by atoms with Gasteiger partial charge in [0, 0.05) is 19.1 Å². The minimum atomic E-state index is -0.0644. The number of aryl methyl sites for hydroxylation is 2. The Bertz CT molecular complexity index is 394. The van der Waals surface area contributed by atoms with E-state index in [1.165, 1.54) is 18.4 Å². The summed E-state index contributed by atoms with van der Waals surface area (Å²) in [5, 5.41) is 3.35. The summed E-state index contributed by atoms with van der Waals surface area (Å²) in [5.41, 5.74) is 2.74. The molecule has 3 heteroatoms. The van der Waals surface area contributed by atoms with Crippen LogP contribution < -0.4 is 5.32 Å². The van der Waals surface area contributed by atoms with E-state index in [0.29, 0.717) is 6.04 Å². The maximum absolute atomic E-state index is 13.6. The van der Waals surface area contributed by atoms with Gasteiger partial charge in [-0.1, -0.05) is 12.1 Å². The molecule has 1 unspecified atom stereocenters. The summed E-state index contributed by atoms with van der Waals surface area (Å²) in [7, 11) is 2.03. The summed E-state index contributed by atoms with van der Waals surface area (Å²) in [4.78, 5) is 2.46. The molecule has 1 aromatic rings. The summed E-state index contributed by atoms with van der Waals surface area (Å²) >= 11 is 0. The molecular formula is C15H23FN2. The molecule has 2 rings (SSSR count). The summed E-state index contributed by atoms with van der Waals surface area (Å²) in [5.74, 6) is -0.0644. The van der Waals surface area contributed by atoms with E-state index >= 15 is 0 Å². The number of piperidine rings is 1. The van der Waals surface area contributed by atoms with Crippen molar-refractivity contribution in [3.05, 3.63) is 34.6 Å². The first-order valence-electron chi connectivity index (χ1n) is 6.75. The first-order valence-corrected chi connectivity index (χ1v) is 6.75. The molecule has 0 saturated carbocycles. The van der Waals surface area contributed by atoms with E-state index in [0.717, 1.165) is 30.8 Å². The molecule has 1 aliphatic rings. The summed E-state index contributed by atoms with van der Waals surface area (Å²) in [6, 6.07) is 4.55. The average molecular weight is 250 g/mol. The van der Waals surface area contributed by atoms with Crippen LogP contribution in [0.4, 0.5) is 4.39 Å². The Morgan fingerprint density at radius 3 is 2.61 bits per heavy atom. The molecule has 18 heavy (non-hydrogen) atoms. The van der Waals surface area contributed by atoms with Gasteiger partial charge in [0.15, 0.2) is 0 Å². The second-order valence-electron chi connectivity index (χ2n) is 5.41. The van der Waals surface area contributed by atoms with Gasteiger partial charge in [-0.25, -0.2) is 4.39 Å². The Morgan fingerprint density at radius 1 is 1.33 bits per heavy atom. The van der Waals surface area contributed by atoms with Gasteiger partial charge in [-0.3, -0.25) is 4.90 Å². The van der Waals surface area contributed by atoms with Gasteiger partial charge in [0.1, 0.15) is 5.82 Å². The van der Waals surface area contributed by atoms with Gasteiger partial charge in [0.05, 0.1) is 0 Å². The highest BCUT2D eigenvalue weighted by atomic mass is 19.1. The minimum absolute atomic E-state index is 0.0644. The average Bonchev–Trinajstić information content (AvgIpc) is 2.36. The van der Waals surface area contributed by atoms with Crippen molar-refractivity contribution in [2.75, 3.05) is 20.1 Å². The maximum Gasteiger partial charge on any atom is 0.129 e. The predicted molar refractivity (Wildman–Crippen MR) is 73.2 cm³/mol. The van der Waals surface area contributed by atoms with Crippen LogP contribution in [-0.4, -0.2) is 31.1 Å². The minimum Gasteiger partial charge on any atom is -0.316 e. The molecule has 1 saturated heterocycles. The lowest BCUT2D eigenvalue weighted by Crippen LogP contribution is -2.43. The molecule has 0 amide bonds. The molecule has 0 bridgehead atoms. The van der Waals surface area contributed by atoms with E-state index in [2.05, 4.69) is 10.2 Å². The largest absolute Gasteiger partial charge is 0.316 e. The van der Waals surface area contributed by atoms with E-state index < -0.39 is 0 Å². The first-order chi connectivity index (χ1) is 8.60. The summed E-state index contributed by atoms with van der Waals surface area (Å²) in [6.07, 6.45) is 2.50. The number of likely N-dealkylation sites (N-methyl/N-ethyl adjacent to an activating group) is 1.